The zero-order valence-corrected chi connectivity index (χ0v) is 19.9. The molecule has 1 heterocycles. The van der Waals surface area contributed by atoms with Gasteiger partial charge in [-0.15, -0.1) is 0 Å². The van der Waals surface area contributed by atoms with E-state index in [0.717, 1.165) is 5.56 Å². The van der Waals surface area contributed by atoms with E-state index in [9.17, 15) is 9.59 Å². The Bertz CT molecular complexity index is 987. The van der Waals surface area contributed by atoms with Crippen LogP contribution in [0.2, 0.25) is 5.02 Å². The summed E-state index contributed by atoms with van der Waals surface area (Å²) in [5.74, 6) is -0.957. The van der Waals surface area contributed by atoms with Gasteiger partial charge in [-0.05, 0) is 46.6 Å². The summed E-state index contributed by atoms with van der Waals surface area (Å²) in [6.45, 7) is 1.20. The van der Waals surface area contributed by atoms with Crippen molar-refractivity contribution in [2.24, 2.45) is 0 Å². The van der Waals surface area contributed by atoms with Crippen LogP contribution in [0, 0.1) is 0 Å². The van der Waals surface area contributed by atoms with Crippen LogP contribution in [0.1, 0.15) is 49.5 Å². The number of ether oxygens (including phenoxy) is 2. The van der Waals surface area contributed by atoms with Gasteiger partial charge in [-0.3, -0.25) is 4.79 Å². The van der Waals surface area contributed by atoms with E-state index in [1.165, 1.54) is 0 Å². The SMILES string of the molecule is C[C@@]1(NC(=O)CCO)C[C@@H](c2cccc(Cl)c2)O[C@@H](c2cccc(Br)c2OCC(=O)O)C1. The van der Waals surface area contributed by atoms with Gasteiger partial charge >= 0.3 is 5.97 Å². The van der Waals surface area contributed by atoms with Crippen LogP contribution in [0.5, 0.6) is 5.75 Å². The third-order valence-electron chi connectivity index (χ3n) is 5.29. The fourth-order valence-electron chi connectivity index (χ4n) is 3.95. The van der Waals surface area contributed by atoms with Crippen LogP contribution in [0.4, 0.5) is 0 Å². The van der Waals surface area contributed by atoms with Crippen LogP contribution in [0.25, 0.3) is 0 Å². The number of carboxylic acids is 1. The number of aliphatic hydroxyl groups excluding tert-OH is 1. The molecule has 2 aromatic rings. The molecule has 1 fully saturated rings. The second kappa shape index (κ2) is 10.7. The van der Waals surface area contributed by atoms with Gasteiger partial charge in [0.2, 0.25) is 5.91 Å². The largest absolute Gasteiger partial charge is 0.480 e. The number of carbonyl (C=O) groups excluding carboxylic acids is 1. The van der Waals surface area contributed by atoms with Crippen molar-refractivity contribution >= 4 is 39.4 Å². The minimum Gasteiger partial charge on any atom is -0.480 e. The van der Waals surface area contributed by atoms with Gasteiger partial charge in [-0.2, -0.15) is 0 Å². The molecule has 0 aliphatic carbocycles. The fourth-order valence-corrected chi connectivity index (χ4v) is 4.65. The summed E-state index contributed by atoms with van der Waals surface area (Å²) < 4.78 is 12.6. The third-order valence-corrected chi connectivity index (χ3v) is 6.14. The van der Waals surface area contributed by atoms with Crippen molar-refractivity contribution in [1.29, 1.82) is 0 Å². The van der Waals surface area contributed by atoms with Crippen molar-refractivity contribution in [3.8, 4) is 5.75 Å². The van der Waals surface area contributed by atoms with Gasteiger partial charge in [0, 0.05) is 35.4 Å². The van der Waals surface area contributed by atoms with Crippen LogP contribution in [-0.4, -0.2) is 40.8 Å². The zero-order valence-electron chi connectivity index (χ0n) is 17.5. The highest BCUT2D eigenvalue weighted by Crippen LogP contribution is 2.47. The molecule has 172 valence electrons. The average Bonchev–Trinajstić information content (AvgIpc) is 2.72. The number of hydrogen-bond acceptors (Lipinski definition) is 5. The van der Waals surface area contributed by atoms with E-state index in [-0.39, 0.29) is 25.0 Å². The smallest absolute Gasteiger partial charge is 0.341 e. The minimum atomic E-state index is -1.09. The Balaban J connectivity index is 1.98. The fraction of sp³-hybridized carbons (Fsp3) is 0.391. The van der Waals surface area contributed by atoms with E-state index >= 15 is 0 Å². The summed E-state index contributed by atoms with van der Waals surface area (Å²) in [6.07, 6.45) is 0.0699. The molecular formula is C23H25BrClNO6. The summed E-state index contributed by atoms with van der Waals surface area (Å²) in [4.78, 5) is 23.4. The molecule has 1 saturated heterocycles. The molecule has 0 spiro atoms. The molecule has 2 aromatic carbocycles. The molecule has 0 unspecified atom stereocenters. The van der Waals surface area contributed by atoms with Gasteiger partial charge in [0.25, 0.3) is 0 Å². The zero-order chi connectivity index (χ0) is 23.3. The number of carbonyl (C=O) groups is 2. The quantitative estimate of drug-likeness (QED) is 0.470. The lowest BCUT2D eigenvalue weighted by Gasteiger charge is -2.43. The molecule has 32 heavy (non-hydrogen) atoms. The van der Waals surface area contributed by atoms with Crippen molar-refractivity contribution in [1.82, 2.24) is 5.32 Å². The summed E-state index contributed by atoms with van der Waals surface area (Å²) in [5.41, 5.74) is 0.900. The molecule has 1 aliphatic heterocycles. The van der Waals surface area contributed by atoms with Crippen LogP contribution >= 0.6 is 27.5 Å². The number of benzene rings is 2. The second-order valence-corrected chi connectivity index (χ2v) is 9.29. The molecule has 0 aromatic heterocycles. The number of carboxylic acid groups (broad SMARTS) is 1. The molecule has 0 saturated carbocycles. The highest BCUT2D eigenvalue weighted by molar-refractivity contribution is 9.10. The topological polar surface area (TPSA) is 105 Å². The standard InChI is InChI=1S/C23H25BrClNO6/c1-23(26-20(28)8-9-27)11-18(14-4-2-5-15(25)10-14)32-19(12-23)16-6-3-7-17(24)22(16)31-13-21(29)30/h2-7,10,18-19,27H,8-9,11-13H2,1H3,(H,26,28)(H,29,30)/t18-,19+,23+/m0/s1. The molecule has 3 N–H and O–H groups in total. The van der Waals surface area contributed by atoms with E-state index in [1.807, 2.05) is 37.3 Å². The van der Waals surface area contributed by atoms with Gasteiger partial charge in [-0.25, -0.2) is 4.79 Å². The highest BCUT2D eigenvalue weighted by atomic mass is 79.9. The number of para-hydroxylation sites is 1. The first-order valence-corrected chi connectivity index (χ1v) is 11.3. The Morgan fingerprint density at radius 2 is 1.97 bits per heavy atom. The molecule has 9 heteroatoms. The Morgan fingerprint density at radius 3 is 2.66 bits per heavy atom. The monoisotopic (exact) mass is 525 g/mol. The summed E-state index contributed by atoms with van der Waals surface area (Å²) in [6, 6.07) is 12.8. The number of hydrogen-bond donors (Lipinski definition) is 3. The van der Waals surface area contributed by atoms with Crippen molar-refractivity contribution in [3.05, 3.63) is 63.1 Å². The predicted octanol–water partition coefficient (Wildman–Crippen LogP) is 4.42. The van der Waals surface area contributed by atoms with Crippen LogP contribution in [-0.2, 0) is 14.3 Å². The number of aliphatic hydroxyl groups is 1. The highest BCUT2D eigenvalue weighted by Gasteiger charge is 2.41. The van der Waals surface area contributed by atoms with E-state index in [4.69, 9.17) is 31.3 Å². The maximum Gasteiger partial charge on any atom is 0.341 e. The average molecular weight is 527 g/mol. The molecule has 3 atom stereocenters. The van der Waals surface area contributed by atoms with Crippen LogP contribution < -0.4 is 10.1 Å². The minimum absolute atomic E-state index is 0.00675. The van der Waals surface area contributed by atoms with Crippen LogP contribution in [0.3, 0.4) is 0 Å². The number of nitrogens with one attached hydrogen (secondary N) is 1. The summed E-state index contributed by atoms with van der Waals surface area (Å²) in [5, 5.41) is 21.8. The van der Waals surface area contributed by atoms with E-state index in [0.29, 0.717) is 33.6 Å². The van der Waals surface area contributed by atoms with Gasteiger partial charge in [0.15, 0.2) is 6.61 Å². The maximum atomic E-state index is 12.3. The van der Waals surface area contributed by atoms with Gasteiger partial charge in [0.05, 0.1) is 23.3 Å². The molecule has 1 aliphatic rings. The van der Waals surface area contributed by atoms with Gasteiger partial charge in [0.1, 0.15) is 5.75 Å². The van der Waals surface area contributed by atoms with E-state index in [1.54, 1.807) is 12.1 Å². The molecule has 7 nitrogen and oxygen atoms in total. The molecular weight excluding hydrogens is 502 g/mol. The number of amides is 1. The maximum absolute atomic E-state index is 12.3. The summed E-state index contributed by atoms with van der Waals surface area (Å²) >= 11 is 9.63. The van der Waals surface area contributed by atoms with Gasteiger partial charge in [-0.1, -0.05) is 35.9 Å². The summed E-state index contributed by atoms with van der Waals surface area (Å²) in [7, 11) is 0. The lowest BCUT2D eigenvalue weighted by Crippen LogP contribution is -2.51. The Labute approximate surface area is 199 Å². The van der Waals surface area contributed by atoms with Crippen molar-refractivity contribution in [2.45, 2.75) is 43.9 Å². The number of aliphatic carboxylic acids is 1. The number of halogens is 2. The van der Waals surface area contributed by atoms with Crippen molar-refractivity contribution in [3.63, 3.8) is 0 Å². The first-order chi connectivity index (χ1) is 15.2. The second-order valence-electron chi connectivity index (χ2n) is 8.00. The Hall–Kier alpha value is -2.13. The Morgan fingerprint density at radius 1 is 1.25 bits per heavy atom. The first-order valence-electron chi connectivity index (χ1n) is 10.2. The Kier molecular flexibility index (Phi) is 8.16. The van der Waals surface area contributed by atoms with E-state index in [2.05, 4.69) is 21.2 Å². The molecule has 3 rings (SSSR count). The lowest BCUT2D eigenvalue weighted by molar-refractivity contribution is -0.139. The normalized spacial score (nSPS) is 22.9. The molecule has 1 amide bonds. The van der Waals surface area contributed by atoms with E-state index < -0.39 is 24.2 Å². The predicted molar refractivity (Wildman–Crippen MR) is 123 cm³/mol. The third kappa shape index (κ3) is 6.22. The van der Waals surface area contributed by atoms with Crippen molar-refractivity contribution in [2.75, 3.05) is 13.2 Å². The van der Waals surface area contributed by atoms with Crippen LogP contribution in [0.15, 0.2) is 46.9 Å². The number of rotatable bonds is 8. The molecule has 0 bridgehead atoms. The first kappa shape index (κ1) is 24.5. The van der Waals surface area contributed by atoms with Crippen molar-refractivity contribution < 1.29 is 29.3 Å². The molecule has 0 radical (unpaired) electrons. The van der Waals surface area contributed by atoms with Gasteiger partial charge < -0.3 is 25.0 Å². The lowest BCUT2D eigenvalue weighted by atomic mass is 9.81.